The molecule has 0 saturated heterocycles. The fourth-order valence-electron chi connectivity index (χ4n) is 1.99. The highest BCUT2D eigenvalue weighted by Crippen LogP contribution is 2.39. The van der Waals surface area contributed by atoms with Gasteiger partial charge in [-0.05, 0) is 31.0 Å². The zero-order chi connectivity index (χ0) is 10.7. The molecule has 2 unspecified atom stereocenters. The first kappa shape index (κ1) is 10.4. The number of nitrogens with zero attached hydrogens (tertiary/aromatic N) is 1. The highest BCUT2D eigenvalue weighted by Gasteiger charge is 2.37. The van der Waals surface area contributed by atoms with Crippen LogP contribution >= 0.6 is 12.2 Å². The summed E-state index contributed by atoms with van der Waals surface area (Å²) in [4.78, 5) is 0. The predicted molar refractivity (Wildman–Crippen MR) is 66.7 cm³/mol. The van der Waals surface area contributed by atoms with Crippen LogP contribution < -0.4 is 10.7 Å². The molecule has 2 aliphatic carbocycles. The van der Waals surface area contributed by atoms with E-state index in [-0.39, 0.29) is 0 Å². The lowest BCUT2D eigenvalue weighted by atomic mass is 9.74. The van der Waals surface area contributed by atoms with Gasteiger partial charge in [0.2, 0.25) is 0 Å². The van der Waals surface area contributed by atoms with Crippen molar-refractivity contribution < 1.29 is 0 Å². The van der Waals surface area contributed by atoms with Crippen molar-refractivity contribution in [2.45, 2.75) is 12.8 Å². The maximum Gasteiger partial charge on any atom is 0.187 e. The molecule has 2 rings (SSSR count). The Morgan fingerprint density at radius 2 is 2.60 bits per heavy atom. The Balaban J connectivity index is 1.77. The normalized spacial score (nSPS) is 29.5. The van der Waals surface area contributed by atoms with Crippen LogP contribution in [0.5, 0.6) is 0 Å². The number of nitrogens with one attached hydrogen (secondary N) is 2. The Hall–Kier alpha value is -1.16. The molecule has 0 bridgehead atoms. The average molecular weight is 221 g/mol. The zero-order valence-electron chi connectivity index (χ0n) is 8.57. The minimum atomic E-state index is 0.563. The van der Waals surface area contributed by atoms with Crippen molar-refractivity contribution in [2.75, 3.05) is 6.54 Å². The van der Waals surface area contributed by atoms with Crippen molar-refractivity contribution in [3.05, 3.63) is 24.8 Å². The highest BCUT2D eigenvalue weighted by molar-refractivity contribution is 7.80. The van der Waals surface area contributed by atoms with Gasteiger partial charge in [0.1, 0.15) is 0 Å². The molecule has 4 heteroatoms. The Kier molecular flexibility index (Phi) is 3.16. The van der Waals surface area contributed by atoms with Gasteiger partial charge in [0.15, 0.2) is 5.11 Å². The summed E-state index contributed by atoms with van der Waals surface area (Å²) in [6.45, 7) is 4.27. The Morgan fingerprint density at radius 3 is 3.33 bits per heavy atom. The summed E-state index contributed by atoms with van der Waals surface area (Å²) in [5.41, 5.74) is 4.08. The maximum absolute atomic E-state index is 5.03. The SMILES string of the molecule is C=CCNC(=S)N/N=C1\CC2CC=CC12. The van der Waals surface area contributed by atoms with Crippen molar-refractivity contribution in [3.63, 3.8) is 0 Å². The Bertz CT molecular complexity index is 333. The Morgan fingerprint density at radius 1 is 1.73 bits per heavy atom. The van der Waals surface area contributed by atoms with Crippen molar-refractivity contribution in [2.24, 2.45) is 16.9 Å². The van der Waals surface area contributed by atoms with Gasteiger partial charge in [-0.1, -0.05) is 18.2 Å². The molecule has 1 fully saturated rings. The highest BCUT2D eigenvalue weighted by atomic mass is 32.1. The second-order valence-electron chi connectivity index (χ2n) is 3.87. The third-order valence-corrected chi connectivity index (χ3v) is 3.09. The summed E-state index contributed by atoms with van der Waals surface area (Å²) >= 11 is 5.03. The zero-order valence-corrected chi connectivity index (χ0v) is 9.39. The van der Waals surface area contributed by atoms with Crippen LogP contribution in [-0.4, -0.2) is 17.4 Å². The van der Waals surface area contributed by atoms with Crippen LogP contribution in [0.4, 0.5) is 0 Å². The summed E-state index contributed by atoms with van der Waals surface area (Å²) in [5, 5.41) is 7.84. The number of rotatable bonds is 3. The van der Waals surface area contributed by atoms with Gasteiger partial charge in [0.25, 0.3) is 0 Å². The van der Waals surface area contributed by atoms with E-state index >= 15 is 0 Å². The van der Waals surface area contributed by atoms with Gasteiger partial charge < -0.3 is 5.32 Å². The van der Waals surface area contributed by atoms with Crippen LogP contribution in [0.15, 0.2) is 29.9 Å². The van der Waals surface area contributed by atoms with Crippen LogP contribution in [0.25, 0.3) is 0 Å². The fraction of sp³-hybridized carbons (Fsp3) is 0.455. The molecule has 0 aromatic carbocycles. The van der Waals surface area contributed by atoms with Crippen molar-refractivity contribution >= 4 is 23.0 Å². The van der Waals surface area contributed by atoms with Gasteiger partial charge >= 0.3 is 0 Å². The van der Waals surface area contributed by atoms with E-state index in [0.717, 1.165) is 12.3 Å². The van der Waals surface area contributed by atoms with E-state index in [0.29, 0.717) is 17.6 Å². The molecule has 2 N–H and O–H groups in total. The molecule has 0 amide bonds. The van der Waals surface area contributed by atoms with Crippen LogP contribution in [0.2, 0.25) is 0 Å². The lowest BCUT2D eigenvalue weighted by Gasteiger charge is -2.31. The van der Waals surface area contributed by atoms with Crippen LogP contribution in [-0.2, 0) is 0 Å². The molecular weight excluding hydrogens is 206 g/mol. The summed E-state index contributed by atoms with van der Waals surface area (Å²) in [6, 6.07) is 0. The molecule has 0 heterocycles. The number of hydrazone groups is 1. The molecule has 0 aliphatic heterocycles. The first-order valence-corrected chi connectivity index (χ1v) is 5.60. The summed E-state index contributed by atoms with van der Waals surface area (Å²) in [7, 11) is 0. The molecule has 3 nitrogen and oxygen atoms in total. The minimum absolute atomic E-state index is 0.563. The van der Waals surface area contributed by atoms with E-state index in [1.54, 1.807) is 6.08 Å². The summed E-state index contributed by atoms with van der Waals surface area (Å²) in [5.74, 6) is 1.37. The minimum Gasteiger partial charge on any atom is -0.358 e. The first-order valence-electron chi connectivity index (χ1n) is 5.19. The van der Waals surface area contributed by atoms with E-state index in [4.69, 9.17) is 12.2 Å². The number of hydrogen-bond donors (Lipinski definition) is 2. The molecule has 0 aromatic rings. The van der Waals surface area contributed by atoms with Crippen molar-refractivity contribution in [1.29, 1.82) is 0 Å². The second kappa shape index (κ2) is 4.57. The van der Waals surface area contributed by atoms with E-state index in [2.05, 4.69) is 34.6 Å². The number of fused-ring (bicyclic) bond motifs is 1. The van der Waals surface area contributed by atoms with Crippen LogP contribution in [0.1, 0.15) is 12.8 Å². The summed E-state index contributed by atoms with van der Waals surface area (Å²) in [6.07, 6.45) is 8.57. The van der Waals surface area contributed by atoms with Gasteiger partial charge in [-0.15, -0.1) is 6.58 Å². The lowest BCUT2D eigenvalue weighted by Crippen LogP contribution is -2.38. The maximum atomic E-state index is 5.03. The molecule has 0 aromatic heterocycles. The average Bonchev–Trinajstić information content (AvgIpc) is 2.57. The van der Waals surface area contributed by atoms with E-state index < -0.39 is 0 Å². The van der Waals surface area contributed by atoms with Gasteiger partial charge in [0, 0.05) is 18.2 Å². The standard InChI is InChI=1S/C11H15N3S/c1-2-6-12-11(15)14-13-10-7-8-4-3-5-9(8)10/h2-3,5,8-9H,1,4,6-7H2,(H2,12,14,15)/b13-10+. The molecule has 2 atom stereocenters. The van der Waals surface area contributed by atoms with E-state index in [9.17, 15) is 0 Å². The van der Waals surface area contributed by atoms with Crippen LogP contribution in [0, 0.1) is 11.8 Å². The Labute approximate surface area is 95.3 Å². The largest absolute Gasteiger partial charge is 0.358 e. The summed E-state index contributed by atoms with van der Waals surface area (Å²) < 4.78 is 0. The van der Waals surface area contributed by atoms with Gasteiger partial charge in [-0.3, -0.25) is 5.43 Å². The number of hydrogen-bond acceptors (Lipinski definition) is 2. The fourth-order valence-corrected chi connectivity index (χ4v) is 2.12. The van der Waals surface area contributed by atoms with Gasteiger partial charge in [-0.25, -0.2) is 0 Å². The smallest absolute Gasteiger partial charge is 0.187 e. The van der Waals surface area contributed by atoms with E-state index in [1.807, 2.05) is 0 Å². The third-order valence-electron chi connectivity index (χ3n) is 2.85. The first-order chi connectivity index (χ1) is 7.31. The predicted octanol–water partition coefficient (Wildman–Crippen LogP) is 1.59. The molecule has 80 valence electrons. The molecule has 2 aliphatic rings. The lowest BCUT2D eigenvalue weighted by molar-refractivity contribution is 0.444. The molecule has 0 spiro atoms. The molecular formula is C11H15N3S. The quantitative estimate of drug-likeness (QED) is 0.432. The monoisotopic (exact) mass is 221 g/mol. The number of thiocarbonyl (C=S) groups is 1. The van der Waals surface area contributed by atoms with Crippen molar-refractivity contribution in [3.8, 4) is 0 Å². The van der Waals surface area contributed by atoms with Crippen molar-refractivity contribution in [1.82, 2.24) is 10.7 Å². The molecule has 0 radical (unpaired) electrons. The van der Waals surface area contributed by atoms with E-state index in [1.165, 1.54) is 12.1 Å². The van der Waals surface area contributed by atoms with Gasteiger partial charge in [0.05, 0.1) is 0 Å². The topological polar surface area (TPSA) is 36.4 Å². The van der Waals surface area contributed by atoms with Gasteiger partial charge in [-0.2, -0.15) is 5.10 Å². The second-order valence-corrected chi connectivity index (χ2v) is 4.28. The molecule has 15 heavy (non-hydrogen) atoms. The van der Waals surface area contributed by atoms with Crippen LogP contribution in [0.3, 0.4) is 0 Å². The molecule has 1 saturated carbocycles. The number of allylic oxidation sites excluding steroid dienone is 2. The third kappa shape index (κ3) is 2.26.